The van der Waals surface area contributed by atoms with Crippen LogP contribution in [-0.2, 0) is 30.3 Å². The average Bonchev–Trinajstić information content (AvgIpc) is 2.69. The molecular weight excluding hydrogens is 418 g/mol. The summed E-state index contributed by atoms with van der Waals surface area (Å²) >= 11 is 5.96. The van der Waals surface area contributed by atoms with E-state index in [0.29, 0.717) is 11.4 Å². The van der Waals surface area contributed by atoms with Gasteiger partial charge in [-0.15, -0.1) is 0 Å². The molecule has 7 heteroatoms. The van der Waals surface area contributed by atoms with Gasteiger partial charge in [0.15, 0.2) is 5.78 Å². The zero-order chi connectivity index (χ0) is 22.6. The van der Waals surface area contributed by atoms with E-state index in [1.807, 2.05) is 12.1 Å². The second-order valence-electron chi connectivity index (χ2n) is 7.50. The Morgan fingerprint density at radius 3 is 2.87 bits per heavy atom. The Labute approximate surface area is 188 Å². The number of likely N-dealkylation sites (tertiary alicyclic amines) is 1. The highest BCUT2D eigenvalue weighted by Crippen LogP contribution is 2.19. The van der Waals surface area contributed by atoms with Gasteiger partial charge in [-0.25, -0.2) is 4.79 Å². The summed E-state index contributed by atoms with van der Waals surface area (Å²) in [6.07, 6.45) is 5.43. The molecule has 1 atom stereocenters. The third kappa shape index (κ3) is 9.37. The van der Waals surface area contributed by atoms with Gasteiger partial charge >= 0.3 is 5.97 Å². The first-order valence-electron chi connectivity index (χ1n) is 10.3. The van der Waals surface area contributed by atoms with E-state index in [2.05, 4.69) is 11.8 Å². The van der Waals surface area contributed by atoms with Crippen molar-refractivity contribution >= 4 is 29.3 Å². The lowest BCUT2D eigenvalue weighted by atomic mass is 10.00. The minimum atomic E-state index is -0.435. The molecule has 0 N–H and O–H groups in total. The number of amides is 1. The SMILES string of the molecule is CC(C)OC(=O)COCC#CCN1C(=O)CCC[C@@H]1/C=C/C(=O)Cc1cccc(Cl)c1. The monoisotopic (exact) mass is 445 g/mol. The number of benzene rings is 1. The van der Waals surface area contributed by atoms with E-state index in [1.54, 1.807) is 37.0 Å². The molecule has 0 radical (unpaired) electrons. The molecule has 166 valence electrons. The predicted octanol–water partition coefficient (Wildman–Crippen LogP) is 3.36. The highest BCUT2D eigenvalue weighted by Gasteiger charge is 2.25. The third-order valence-corrected chi connectivity index (χ3v) is 4.75. The van der Waals surface area contributed by atoms with Gasteiger partial charge in [-0.1, -0.05) is 41.7 Å². The highest BCUT2D eigenvalue weighted by molar-refractivity contribution is 6.30. The van der Waals surface area contributed by atoms with Gasteiger partial charge in [0.25, 0.3) is 0 Å². The largest absolute Gasteiger partial charge is 0.461 e. The Morgan fingerprint density at radius 1 is 1.32 bits per heavy atom. The summed E-state index contributed by atoms with van der Waals surface area (Å²) in [6, 6.07) is 7.03. The normalized spacial score (nSPS) is 16.3. The Kier molecular flexibility index (Phi) is 10.3. The molecule has 0 spiro atoms. The Balaban J connectivity index is 1.84. The zero-order valence-electron chi connectivity index (χ0n) is 17.9. The first-order chi connectivity index (χ1) is 14.8. The number of halogens is 1. The van der Waals surface area contributed by atoms with E-state index in [9.17, 15) is 14.4 Å². The minimum absolute atomic E-state index is 0.0129. The molecule has 2 rings (SSSR count). The molecule has 1 aliphatic rings. The van der Waals surface area contributed by atoms with Gasteiger partial charge in [0.1, 0.15) is 13.2 Å². The van der Waals surface area contributed by atoms with Crippen LogP contribution in [-0.4, -0.2) is 54.5 Å². The van der Waals surface area contributed by atoms with Gasteiger partial charge in [-0.05, 0) is 50.5 Å². The average molecular weight is 446 g/mol. The van der Waals surface area contributed by atoms with Crippen molar-refractivity contribution in [1.29, 1.82) is 0 Å². The minimum Gasteiger partial charge on any atom is -0.461 e. The number of nitrogens with zero attached hydrogens (tertiary/aromatic N) is 1. The van der Waals surface area contributed by atoms with Gasteiger partial charge in [-0.3, -0.25) is 9.59 Å². The number of hydrogen-bond acceptors (Lipinski definition) is 5. The number of piperidine rings is 1. The van der Waals surface area contributed by atoms with Crippen LogP contribution in [0.3, 0.4) is 0 Å². The zero-order valence-corrected chi connectivity index (χ0v) is 18.7. The Bertz CT molecular complexity index is 868. The van der Waals surface area contributed by atoms with Crippen molar-refractivity contribution in [3.8, 4) is 11.8 Å². The molecular formula is C24H28ClNO5. The quantitative estimate of drug-likeness (QED) is 0.252. The number of ketones is 1. The van der Waals surface area contributed by atoms with E-state index < -0.39 is 5.97 Å². The van der Waals surface area contributed by atoms with Crippen molar-refractivity contribution in [2.75, 3.05) is 19.8 Å². The van der Waals surface area contributed by atoms with Crippen LogP contribution in [0, 0.1) is 11.8 Å². The fourth-order valence-corrected chi connectivity index (χ4v) is 3.37. The summed E-state index contributed by atoms with van der Waals surface area (Å²) in [5, 5.41) is 0.595. The van der Waals surface area contributed by atoms with E-state index in [1.165, 1.54) is 6.08 Å². The molecule has 0 aromatic heterocycles. The number of ether oxygens (including phenoxy) is 2. The van der Waals surface area contributed by atoms with Gasteiger partial charge in [0.2, 0.25) is 5.91 Å². The predicted molar refractivity (Wildman–Crippen MR) is 118 cm³/mol. The topological polar surface area (TPSA) is 72.9 Å². The van der Waals surface area contributed by atoms with Gasteiger partial charge in [0.05, 0.1) is 18.7 Å². The molecule has 0 saturated carbocycles. The van der Waals surface area contributed by atoms with E-state index in [0.717, 1.165) is 18.4 Å². The molecule has 1 saturated heterocycles. The fraction of sp³-hybridized carbons (Fsp3) is 0.458. The fourth-order valence-electron chi connectivity index (χ4n) is 3.15. The summed E-state index contributed by atoms with van der Waals surface area (Å²) in [5.74, 6) is 5.25. The van der Waals surface area contributed by atoms with E-state index in [4.69, 9.17) is 21.1 Å². The van der Waals surface area contributed by atoms with Crippen LogP contribution < -0.4 is 0 Å². The second-order valence-corrected chi connectivity index (χ2v) is 7.93. The number of carbonyl (C=O) groups excluding carboxylic acids is 3. The lowest BCUT2D eigenvalue weighted by molar-refractivity contribution is -0.152. The molecule has 0 bridgehead atoms. The molecule has 1 aliphatic heterocycles. The van der Waals surface area contributed by atoms with E-state index in [-0.39, 0.29) is 50.0 Å². The molecule has 1 aromatic rings. The summed E-state index contributed by atoms with van der Waals surface area (Å²) in [6.45, 7) is 3.70. The maximum atomic E-state index is 12.3. The smallest absolute Gasteiger partial charge is 0.332 e. The first-order valence-corrected chi connectivity index (χ1v) is 10.7. The lowest BCUT2D eigenvalue weighted by Crippen LogP contribution is -2.42. The van der Waals surface area contributed by atoms with Crippen LogP contribution in [0.15, 0.2) is 36.4 Å². The standard InChI is InChI=1S/C24H28ClNO5/c1-18(2)31-24(29)17-30-14-4-3-13-26-21(9-6-10-23(26)28)11-12-22(27)16-19-7-5-8-20(25)15-19/h5,7-8,11-12,15,18,21H,6,9-10,13-14,16-17H2,1-2H3/b12-11+/t21-/m1/s1. The number of esters is 1. The Hall–Kier alpha value is -2.62. The summed E-state index contributed by atoms with van der Waals surface area (Å²) < 4.78 is 10.1. The lowest BCUT2D eigenvalue weighted by Gasteiger charge is -2.32. The number of rotatable bonds is 9. The second kappa shape index (κ2) is 12.9. The van der Waals surface area contributed by atoms with Crippen LogP contribution in [0.2, 0.25) is 5.02 Å². The van der Waals surface area contributed by atoms with Crippen molar-refractivity contribution in [1.82, 2.24) is 4.90 Å². The number of hydrogen-bond donors (Lipinski definition) is 0. The Morgan fingerprint density at radius 2 is 2.13 bits per heavy atom. The van der Waals surface area contributed by atoms with Gasteiger partial charge in [-0.2, -0.15) is 0 Å². The summed E-state index contributed by atoms with van der Waals surface area (Å²) in [4.78, 5) is 37.7. The first kappa shape index (κ1) is 24.6. The molecule has 1 aromatic carbocycles. The molecule has 0 aliphatic carbocycles. The maximum absolute atomic E-state index is 12.3. The third-order valence-electron chi connectivity index (χ3n) is 4.52. The van der Waals surface area contributed by atoms with Crippen molar-refractivity contribution < 1.29 is 23.9 Å². The van der Waals surface area contributed by atoms with Crippen molar-refractivity contribution in [2.45, 2.75) is 51.7 Å². The van der Waals surface area contributed by atoms with Gasteiger partial charge in [0, 0.05) is 17.9 Å². The van der Waals surface area contributed by atoms with Crippen LogP contribution in [0.1, 0.15) is 38.7 Å². The number of allylic oxidation sites excluding steroid dienone is 1. The molecule has 1 fully saturated rings. The number of carbonyl (C=O) groups is 3. The molecule has 6 nitrogen and oxygen atoms in total. The maximum Gasteiger partial charge on any atom is 0.332 e. The van der Waals surface area contributed by atoms with Crippen LogP contribution in [0.25, 0.3) is 0 Å². The van der Waals surface area contributed by atoms with Crippen molar-refractivity contribution in [3.63, 3.8) is 0 Å². The summed E-state index contributed by atoms with van der Waals surface area (Å²) in [7, 11) is 0. The van der Waals surface area contributed by atoms with Crippen molar-refractivity contribution in [2.24, 2.45) is 0 Å². The van der Waals surface area contributed by atoms with Crippen molar-refractivity contribution in [3.05, 3.63) is 47.0 Å². The van der Waals surface area contributed by atoms with E-state index >= 15 is 0 Å². The molecule has 0 unspecified atom stereocenters. The van der Waals surface area contributed by atoms with Crippen LogP contribution in [0.4, 0.5) is 0 Å². The highest BCUT2D eigenvalue weighted by atomic mass is 35.5. The summed E-state index contributed by atoms with van der Waals surface area (Å²) in [5.41, 5.74) is 0.849. The van der Waals surface area contributed by atoms with Crippen LogP contribution in [0.5, 0.6) is 0 Å². The molecule has 1 heterocycles. The van der Waals surface area contributed by atoms with Gasteiger partial charge < -0.3 is 14.4 Å². The van der Waals surface area contributed by atoms with Crippen LogP contribution >= 0.6 is 11.6 Å². The molecule has 1 amide bonds. The molecule has 31 heavy (non-hydrogen) atoms.